The zero-order valence-electron chi connectivity index (χ0n) is 12.4. The summed E-state index contributed by atoms with van der Waals surface area (Å²) in [4.78, 5) is 6.25. The molecule has 0 fully saturated rings. The van der Waals surface area contributed by atoms with E-state index in [9.17, 15) is 0 Å². The lowest BCUT2D eigenvalue weighted by Crippen LogP contribution is -2.04. The van der Waals surface area contributed by atoms with Crippen molar-refractivity contribution in [3.8, 4) is 0 Å². The molecule has 1 aromatic carbocycles. The molecule has 0 bridgehead atoms. The molecule has 20 heavy (non-hydrogen) atoms. The summed E-state index contributed by atoms with van der Waals surface area (Å²) >= 11 is 1.55. The van der Waals surface area contributed by atoms with Gasteiger partial charge in [0, 0.05) is 22.4 Å². The van der Waals surface area contributed by atoms with Gasteiger partial charge in [-0.3, -0.25) is 4.99 Å². The molecular weight excluding hydrogens is 262 g/mol. The van der Waals surface area contributed by atoms with Crippen LogP contribution in [0.1, 0.15) is 18.1 Å². The second-order valence-electron chi connectivity index (χ2n) is 4.26. The van der Waals surface area contributed by atoms with Crippen molar-refractivity contribution < 1.29 is 0 Å². The summed E-state index contributed by atoms with van der Waals surface area (Å²) in [5.41, 5.74) is 3.25. The second kappa shape index (κ2) is 8.39. The first-order chi connectivity index (χ1) is 9.60. The Kier molecular flexibility index (Phi) is 6.82. The first kappa shape index (κ1) is 16.3. The molecule has 1 rings (SSSR count). The van der Waals surface area contributed by atoms with Crippen molar-refractivity contribution in [3.05, 3.63) is 82.7 Å². The molecule has 0 unspecified atom stereocenters. The first-order valence-corrected chi connectivity index (χ1v) is 7.30. The van der Waals surface area contributed by atoms with Gasteiger partial charge >= 0.3 is 0 Å². The molecule has 0 atom stereocenters. The molecule has 1 nitrogen and oxygen atoms in total. The number of allylic oxidation sites excluding steroid dienone is 5. The molecule has 0 amide bonds. The van der Waals surface area contributed by atoms with Crippen LogP contribution in [0.5, 0.6) is 0 Å². The predicted octanol–water partition coefficient (Wildman–Crippen LogP) is 5.31. The fourth-order valence-corrected chi connectivity index (χ4v) is 2.51. The Hall–Kier alpha value is -1.80. The number of rotatable bonds is 6. The summed E-state index contributed by atoms with van der Waals surface area (Å²) in [6.07, 6.45) is 7.90. The normalized spacial score (nSPS) is 12.2. The minimum Gasteiger partial charge on any atom is -0.287 e. The highest BCUT2D eigenvalue weighted by atomic mass is 32.2. The Morgan fingerprint density at radius 1 is 1.20 bits per heavy atom. The predicted molar refractivity (Wildman–Crippen MR) is 93.5 cm³/mol. The van der Waals surface area contributed by atoms with E-state index in [2.05, 4.69) is 37.2 Å². The maximum Gasteiger partial charge on any atom is 0.0779 e. The number of aryl methyl sites for hydroxylation is 1. The van der Waals surface area contributed by atoms with Gasteiger partial charge in [0.05, 0.1) is 5.71 Å². The van der Waals surface area contributed by atoms with Gasteiger partial charge < -0.3 is 0 Å². The Balaban J connectivity index is 2.85. The summed E-state index contributed by atoms with van der Waals surface area (Å²) in [5, 5.41) is 0. The molecule has 0 aromatic heterocycles. The summed E-state index contributed by atoms with van der Waals surface area (Å²) in [7, 11) is 1.80. The number of thioether (sulfide) groups is 1. The minimum absolute atomic E-state index is 0.914. The van der Waals surface area contributed by atoms with Crippen LogP contribution in [0.2, 0.25) is 0 Å². The van der Waals surface area contributed by atoms with E-state index < -0.39 is 0 Å². The highest BCUT2D eigenvalue weighted by Gasteiger charge is 2.10. The summed E-state index contributed by atoms with van der Waals surface area (Å²) in [6.45, 7) is 12.2. The molecule has 0 saturated carbocycles. The lowest BCUT2D eigenvalue weighted by molar-refractivity contribution is 1.39. The Bertz CT molecular complexity index is 577. The van der Waals surface area contributed by atoms with Crippen LogP contribution in [-0.4, -0.2) is 12.8 Å². The summed E-state index contributed by atoms with van der Waals surface area (Å²) < 4.78 is 0. The number of benzene rings is 1. The zero-order chi connectivity index (χ0) is 15.0. The van der Waals surface area contributed by atoms with E-state index in [1.807, 2.05) is 43.4 Å². The average molecular weight is 283 g/mol. The Labute approximate surface area is 126 Å². The van der Waals surface area contributed by atoms with Gasteiger partial charge in [0.1, 0.15) is 0 Å². The quantitative estimate of drug-likeness (QED) is 0.509. The average Bonchev–Trinajstić information content (AvgIpc) is 2.42. The van der Waals surface area contributed by atoms with Crippen molar-refractivity contribution in [2.45, 2.75) is 13.8 Å². The van der Waals surface area contributed by atoms with Crippen molar-refractivity contribution >= 4 is 17.5 Å². The molecule has 0 aliphatic rings. The van der Waals surface area contributed by atoms with Gasteiger partial charge in [-0.1, -0.05) is 67.4 Å². The third-order valence-electron chi connectivity index (χ3n) is 2.73. The van der Waals surface area contributed by atoms with Crippen LogP contribution in [0.15, 0.2) is 76.5 Å². The molecule has 0 heterocycles. The van der Waals surface area contributed by atoms with Gasteiger partial charge in [-0.25, -0.2) is 0 Å². The molecule has 1 aromatic rings. The first-order valence-electron chi connectivity index (χ1n) is 6.48. The molecule has 0 radical (unpaired) electrons. The zero-order valence-corrected chi connectivity index (χ0v) is 13.2. The van der Waals surface area contributed by atoms with Crippen LogP contribution in [0.4, 0.5) is 0 Å². The lowest BCUT2D eigenvalue weighted by atomic mass is 10.0. The maximum atomic E-state index is 4.39. The SMILES string of the molecule is C=C(/C=C\C=C/C)SC(=C)C(=NC)c1ccccc1C. The van der Waals surface area contributed by atoms with Crippen LogP contribution in [0, 0.1) is 6.92 Å². The maximum absolute atomic E-state index is 4.39. The van der Waals surface area contributed by atoms with E-state index >= 15 is 0 Å². The van der Waals surface area contributed by atoms with Gasteiger partial charge in [-0.15, -0.1) is 0 Å². The molecule has 0 spiro atoms. The van der Waals surface area contributed by atoms with Crippen molar-refractivity contribution in [2.24, 2.45) is 4.99 Å². The van der Waals surface area contributed by atoms with Crippen molar-refractivity contribution in [2.75, 3.05) is 7.05 Å². The number of hydrogen-bond acceptors (Lipinski definition) is 2. The fourth-order valence-electron chi connectivity index (χ4n) is 1.75. The standard InChI is InChI=1S/C18H21NS/c1-6-7-8-12-15(3)20-16(4)18(19-5)17-13-10-9-11-14(17)2/h6-13H,3-4H2,1-2,5H3/b7-6-,12-8-,19-18?. The van der Waals surface area contributed by atoms with E-state index in [1.165, 1.54) is 5.56 Å². The molecule has 0 N–H and O–H groups in total. The smallest absolute Gasteiger partial charge is 0.0779 e. The monoisotopic (exact) mass is 283 g/mol. The number of nitrogens with zero attached hydrogens (tertiary/aromatic N) is 1. The van der Waals surface area contributed by atoms with Crippen molar-refractivity contribution in [1.29, 1.82) is 0 Å². The highest BCUT2D eigenvalue weighted by molar-refractivity contribution is 8.07. The van der Waals surface area contributed by atoms with Crippen LogP contribution in [0.25, 0.3) is 0 Å². The van der Waals surface area contributed by atoms with E-state index in [-0.39, 0.29) is 0 Å². The van der Waals surface area contributed by atoms with Gasteiger partial charge in [0.25, 0.3) is 0 Å². The fraction of sp³-hybridized carbons (Fsp3) is 0.167. The minimum atomic E-state index is 0.914. The van der Waals surface area contributed by atoms with Crippen LogP contribution in [-0.2, 0) is 0 Å². The van der Waals surface area contributed by atoms with E-state index in [0.29, 0.717) is 0 Å². The van der Waals surface area contributed by atoms with Crippen molar-refractivity contribution in [3.63, 3.8) is 0 Å². The Morgan fingerprint density at radius 3 is 2.50 bits per heavy atom. The van der Waals surface area contributed by atoms with Gasteiger partial charge in [-0.05, 0) is 25.5 Å². The number of hydrogen-bond donors (Lipinski definition) is 0. The molecule has 104 valence electrons. The summed E-state index contributed by atoms with van der Waals surface area (Å²) in [5.74, 6) is 0. The number of aliphatic imine (C=N–C) groups is 1. The molecule has 0 saturated heterocycles. The van der Waals surface area contributed by atoms with E-state index in [4.69, 9.17) is 0 Å². The van der Waals surface area contributed by atoms with Gasteiger partial charge in [0.2, 0.25) is 0 Å². The van der Waals surface area contributed by atoms with E-state index in [0.717, 1.165) is 21.1 Å². The largest absolute Gasteiger partial charge is 0.287 e. The molecular formula is C18H21NS. The summed E-state index contributed by atoms with van der Waals surface area (Å²) in [6, 6.07) is 8.20. The topological polar surface area (TPSA) is 12.4 Å². The Morgan fingerprint density at radius 2 is 1.90 bits per heavy atom. The molecule has 0 aliphatic carbocycles. The highest BCUT2D eigenvalue weighted by Crippen LogP contribution is 2.28. The third-order valence-corrected chi connectivity index (χ3v) is 3.57. The van der Waals surface area contributed by atoms with E-state index in [1.54, 1.807) is 18.8 Å². The van der Waals surface area contributed by atoms with Crippen LogP contribution in [0.3, 0.4) is 0 Å². The van der Waals surface area contributed by atoms with Crippen molar-refractivity contribution in [1.82, 2.24) is 0 Å². The van der Waals surface area contributed by atoms with Crippen LogP contribution < -0.4 is 0 Å². The second-order valence-corrected chi connectivity index (χ2v) is 5.48. The third kappa shape index (κ3) is 4.71. The van der Waals surface area contributed by atoms with Gasteiger partial charge in [-0.2, -0.15) is 0 Å². The van der Waals surface area contributed by atoms with Gasteiger partial charge in [0.15, 0.2) is 0 Å². The molecule has 2 heteroatoms. The van der Waals surface area contributed by atoms with Crippen LogP contribution >= 0.6 is 11.8 Å². The lowest BCUT2D eigenvalue weighted by Gasteiger charge is -2.11. The molecule has 0 aliphatic heterocycles.